The Morgan fingerprint density at radius 1 is 1.40 bits per heavy atom. The zero-order valence-electron chi connectivity index (χ0n) is 6.95. The molecule has 1 heterocycles. The van der Waals surface area contributed by atoms with Crippen molar-refractivity contribution in [2.75, 3.05) is 0 Å². The summed E-state index contributed by atoms with van der Waals surface area (Å²) in [5, 5.41) is 17.1. The van der Waals surface area contributed by atoms with E-state index in [-0.39, 0.29) is 5.69 Å². The number of rotatable bonds is 2. The zero-order valence-corrected chi connectivity index (χ0v) is 7.76. The molecule has 9 heteroatoms. The molecule has 1 aromatic heterocycles. The predicted octanol–water partition coefficient (Wildman–Crippen LogP) is -0.945. The Balaban J connectivity index is 3.57. The SMILES string of the molecule is N#Cc1ncn(S(=O)(=O)N=C=O)c1C#N. The van der Waals surface area contributed by atoms with E-state index in [1.165, 1.54) is 12.1 Å². The second-order valence-electron chi connectivity index (χ2n) is 2.12. The fourth-order valence-electron chi connectivity index (χ4n) is 0.783. The molecule has 0 aliphatic rings. The third kappa shape index (κ3) is 1.74. The number of isocyanates is 1. The lowest BCUT2D eigenvalue weighted by atomic mass is 10.4. The van der Waals surface area contributed by atoms with Crippen molar-refractivity contribution in [1.82, 2.24) is 8.96 Å². The summed E-state index contributed by atoms with van der Waals surface area (Å²) in [7, 11) is -4.36. The van der Waals surface area contributed by atoms with Crippen molar-refractivity contribution in [3.8, 4) is 12.1 Å². The molecule has 15 heavy (non-hydrogen) atoms. The molecule has 0 atom stereocenters. The van der Waals surface area contributed by atoms with Gasteiger partial charge in [0.25, 0.3) is 6.08 Å². The van der Waals surface area contributed by atoms with Crippen molar-refractivity contribution < 1.29 is 13.2 Å². The number of hydrogen-bond acceptors (Lipinski definition) is 6. The summed E-state index contributed by atoms with van der Waals surface area (Å²) in [5.41, 5.74) is -0.862. The summed E-state index contributed by atoms with van der Waals surface area (Å²) in [6, 6.07) is 2.99. The van der Waals surface area contributed by atoms with Crippen LogP contribution in [0.25, 0.3) is 0 Å². The van der Waals surface area contributed by atoms with Gasteiger partial charge in [-0.2, -0.15) is 22.9 Å². The number of imidazole rings is 1. The van der Waals surface area contributed by atoms with Gasteiger partial charge in [0.2, 0.25) is 0 Å². The summed E-state index contributed by atoms with van der Waals surface area (Å²) in [5.74, 6) is 0. The van der Waals surface area contributed by atoms with E-state index >= 15 is 0 Å². The molecule has 0 fully saturated rings. The first-order chi connectivity index (χ1) is 7.06. The highest BCUT2D eigenvalue weighted by atomic mass is 32.2. The second kappa shape index (κ2) is 3.72. The van der Waals surface area contributed by atoms with Crippen molar-refractivity contribution in [3.05, 3.63) is 17.7 Å². The third-order valence-electron chi connectivity index (χ3n) is 1.35. The lowest BCUT2D eigenvalue weighted by molar-refractivity contribution is 0.562. The Morgan fingerprint density at radius 2 is 2.07 bits per heavy atom. The van der Waals surface area contributed by atoms with E-state index in [9.17, 15) is 13.2 Å². The molecule has 0 saturated heterocycles. The van der Waals surface area contributed by atoms with Crippen LogP contribution in [0, 0.1) is 22.7 Å². The molecule has 0 aliphatic heterocycles. The van der Waals surface area contributed by atoms with Crippen LogP contribution in [0.1, 0.15) is 11.4 Å². The first kappa shape index (κ1) is 10.6. The number of hydrogen-bond donors (Lipinski definition) is 0. The molecular formula is C6HN5O3S. The molecule has 0 bridgehead atoms. The van der Waals surface area contributed by atoms with Crippen molar-refractivity contribution >= 4 is 16.3 Å². The summed E-state index contributed by atoms with van der Waals surface area (Å²) >= 11 is 0. The van der Waals surface area contributed by atoms with Gasteiger partial charge in [0.05, 0.1) is 0 Å². The van der Waals surface area contributed by atoms with Crippen molar-refractivity contribution in [2.45, 2.75) is 0 Å². The summed E-state index contributed by atoms with van der Waals surface area (Å²) < 4.78 is 25.2. The maximum Gasteiger partial charge on any atom is 0.361 e. The van der Waals surface area contributed by atoms with E-state index in [0.717, 1.165) is 6.08 Å². The maximum atomic E-state index is 11.2. The smallest absolute Gasteiger partial charge is 0.223 e. The van der Waals surface area contributed by atoms with Crippen LogP contribution in [0.3, 0.4) is 0 Å². The minimum Gasteiger partial charge on any atom is -0.223 e. The van der Waals surface area contributed by atoms with Crippen molar-refractivity contribution in [1.29, 1.82) is 10.5 Å². The molecule has 1 rings (SSSR count). The molecule has 0 N–H and O–H groups in total. The maximum absolute atomic E-state index is 11.2. The van der Waals surface area contributed by atoms with Crippen LogP contribution in [-0.4, -0.2) is 23.5 Å². The first-order valence-electron chi connectivity index (χ1n) is 3.29. The van der Waals surface area contributed by atoms with E-state index in [2.05, 4.69) is 9.38 Å². The number of aromatic nitrogens is 2. The Labute approximate surface area is 83.9 Å². The number of nitrogens with zero attached hydrogens (tertiary/aromatic N) is 5. The summed E-state index contributed by atoms with van der Waals surface area (Å²) in [6.45, 7) is 0. The molecule has 0 amide bonds. The first-order valence-corrected chi connectivity index (χ1v) is 4.68. The van der Waals surface area contributed by atoms with Gasteiger partial charge in [-0.05, 0) is 0 Å². The summed E-state index contributed by atoms with van der Waals surface area (Å²) in [4.78, 5) is 13.2. The summed E-state index contributed by atoms with van der Waals surface area (Å²) in [6.07, 6.45) is 1.55. The average Bonchev–Trinajstić information content (AvgIpc) is 2.60. The topological polar surface area (TPSA) is 129 Å². The van der Waals surface area contributed by atoms with Gasteiger partial charge in [-0.25, -0.2) is 9.78 Å². The lowest BCUT2D eigenvalue weighted by Gasteiger charge is -1.95. The van der Waals surface area contributed by atoms with E-state index in [0.29, 0.717) is 10.3 Å². The van der Waals surface area contributed by atoms with Gasteiger partial charge < -0.3 is 0 Å². The van der Waals surface area contributed by atoms with Crippen LogP contribution >= 0.6 is 0 Å². The van der Waals surface area contributed by atoms with Crippen LogP contribution in [0.5, 0.6) is 0 Å². The third-order valence-corrected chi connectivity index (χ3v) is 2.43. The molecule has 0 aliphatic carbocycles. The molecule has 0 spiro atoms. The highest BCUT2D eigenvalue weighted by molar-refractivity contribution is 7.88. The van der Waals surface area contributed by atoms with Gasteiger partial charge in [0.1, 0.15) is 18.5 Å². The Morgan fingerprint density at radius 3 is 2.53 bits per heavy atom. The molecule has 1 aromatic rings. The fraction of sp³-hybridized carbons (Fsp3) is 0. The Kier molecular flexibility index (Phi) is 2.63. The minimum absolute atomic E-state index is 0.330. The largest absolute Gasteiger partial charge is 0.361 e. The van der Waals surface area contributed by atoms with Gasteiger partial charge in [-0.15, -0.1) is 0 Å². The second-order valence-corrected chi connectivity index (χ2v) is 3.59. The normalized spacial score (nSPS) is 9.73. The van der Waals surface area contributed by atoms with Gasteiger partial charge in [-0.1, -0.05) is 4.40 Å². The van der Waals surface area contributed by atoms with Gasteiger partial charge in [0, 0.05) is 0 Å². The Bertz CT molecular complexity index is 623. The standard InChI is InChI=1S/C6HN5O3S/c7-1-5-6(2-8)11(3-9-5)15(13,14)10-4-12/h3H. The zero-order chi connectivity index (χ0) is 11.5. The highest BCUT2D eigenvalue weighted by Crippen LogP contribution is 2.09. The Hall–Kier alpha value is -2.48. The van der Waals surface area contributed by atoms with Crippen LogP contribution < -0.4 is 0 Å². The van der Waals surface area contributed by atoms with Crippen LogP contribution in [0.2, 0.25) is 0 Å². The van der Waals surface area contributed by atoms with Crippen molar-refractivity contribution in [3.63, 3.8) is 0 Å². The number of nitriles is 2. The molecule has 74 valence electrons. The predicted molar refractivity (Wildman–Crippen MR) is 44.1 cm³/mol. The minimum atomic E-state index is -4.36. The monoisotopic (exact) mass is 223 g/mol. The molecule has 0 saturated carbocycles. The van der Waals surface area contributed by atoms with Gasteiger partial charge in [-0.3, -0.25) is 0 Å². The van der Waals surface area contributed by atoms with Crippen molar-refractivity contribution in [2.24, 2.45) is 4.40 Å². The molecule has 8 nitrogen and oxygen atoms in total. The average molecular weight is 223 g/mol. The van der Waals surface area contributed by atoms with E-state index in [4.69, 9.17) is 10.5 Å². The van der Waals surface area contributed by atoms with Crippen LogP contribution in [-0.2, 0) is 15.0 Å². The van der Waals surface area contributed by atoms with E-state index in [1.807, 2.05) is 0 Å². The lowest BCUT2D eigenvalue weighted by Crippen LogP contribution is -2.10. The molecular weight excluding hydrogens is 222 g/mol. The highest BCUT2D eigenvalue weighted by Gasteiger charge is 2.20. The van der Waals surface area contributed by atoms with Crippen LogP contribution in [0.4, 0.5) is 0 Å². The van der Waals surface area contributed by atoms with Gasteiger partial charge in [0.15, 0.2) is 11.4 Å². The molecule has 0 aromatic carbocycles. The van der Waals surface area contributed by atoms with Gasteiger partial charge >= 0.3 is 10.2 Å². The fourth-order valence-corrected chi connectivity index (χ4v) is 1.49. The van der Waals surface area contributed by atoms with Crippen LogP contribution in [0.15, 0.2) is 10.7 Å². The quantitative estimate of drug-likeness (QED) is 0.469. The van der Waals surface area contributed by atoms with E-state index in [1.54, 1.807) is 0 Å². The van der Waals surface area contributed by atoms with E-state index < -0.39 is 15.9 Å². The number of carbonyl (C=O) groups excluding carboxylic acids is 1. The molecule has 0 unspecified atom stereocenters. The molecule has 0 radical (unpaired) electrons.